The van der Waals surface area contributed by atoms with Crippen LogP contribution >= 0.6 is 0 Å². The molecule has 1 rings (SSSR count). The van der Waals surface area contributed by atoms with Gasteiger partial charge in [0.2, 0.25) is 0 Å². The second kappa shape index (κ2) is 6.01. The fourth-order valence-corrected chi connectivity index (χ4v) is 3.62. The van der Waals surface area contributed by atoms with Crippen LogP contribution in [0, 0.1) is 21.7 Å². The van der Waals surface area contributed by atoms with Crippen LogP contribution in [0.5, 0.6) is 0 Å². The van der Waals surface area contributed by atoms with Crippen LogP contribution in [0.2, 0.25) is 0 Å². The summed E-state index contributed by atoms with van der Waals surface area (Å²) < 4.78 is 0. The lowest BCUT2D eigenvalue weighted by Gasteiger charge is -2.45. The van der Waals surface area contributed by atoms with Crippen molar-refractivity contribution in [3.05, 3.63) is 0 Å². The van der Waals surface area contributed by atoms with E-state index in [1.807, 2.05) is 0 Å². The Morgan fingerprint density at radius 2 is 0.500 bits per heavy atom. The molecule has 120 valence electrons. The molecule has 1 aliphatic carbocycles. The Morgan fingerprint density at radius 3 is 0.650 bits per heavy atom. The van der Waals surface area contributed by atoms with Crippen molar-refractivity contribution >= 4 is 0 Å². The molecule has 0 radical (unpaired) electrons. The zero-order valence-corrected chi connectivity index (χ0v) is 15.7. The lowest BCUT2D eigenvalue weighted by Crippen LogP contribution is -2.35. The first-order valence-electron chi connectivity index (χ1n) is 8.91. The van der Waals surface area contributed by atoms with Gasteiger partial charge in [-0.25, -0.2) is 0 Å². The van der Waals surface area contributed by atoms with Gasteiger partial charge in [-0.05, 0) is 47.3 Å². The van der Waals surface area contributed by atoms with Crippen molar-refractivity contribution in [1.82, 2.24) is 0 Å². The summed E-state index contributed by atoms with van der Waals surface area (Å²) >= 11 is 0. The van der Waals surface area contributed by atoms with Gasteiger partial charge in [-0.2, -0.15) is 0 Å². The van der Waals surface area contributed by atoms with Crippen LogP contribution in [0.25, 0.3) is 0 Å². The summed E-state index contributed by atoms with van der Waals surface area (Å²) in [6, 6.07) is 0. The van der Waals surface area contributed by atoms with E-state index in [1.54, 1.807) is 0 Å². The number of hydrogen-bond acceptors (Lipinski definition) is 0. The minimum absolute atomic E-state index is 0.478. The molecule has 20 heavy (non-hydrogen) atoms. The predicted octanol–water partition coefficient (Wildman–Crippen LogP) is 7.23. The van der Waals surface area contributed by atoms with Crippen molar-refractivity contribution in [3.8, 4) is 0 Å². The van der Waals surface area contributed by atoms with Crippen molar-refractivity contribution in [2.75, 3.05) is 0 Å². The molecule has 0 N–H and O–H groups in total. The number of rotatable bonds is 0. The van der Waals surface area contributed by atoms with Crippen molar-refractivity contribution in [2.24, 2.45) is 21.7 Å². The highest BCUT2D eigenvalue weighted by Crippen LogP contribution is 2.50. The molecule has 0 amide bonds. The first-order chi connectivity index (χ1) is 8.91. The summed E-state index contributed by atoms with van der Waals surface area (Å²) in [5.41, 5.74) is 1.91. The Hall–Kier alpha value is 0. The van der Waals surface area contributed by atoms with Crippen molar-refractivity contribution in [1.29, 1.82) is 0 Å². The number of hydrogen-bond donors (Lipinski definition) is 0. The van der Waals surface area contributed by atoms with Gasteiger partial charge in [0.1, 0.15) is 0 Å². The van der Waals surface area contributed by atoms with Gasteiger partial charge in [-0.3, -0.25) is 0 Å². The lowest BCUT2D eigenvalue weighted by molar-refractivity contribution is 0.0520. The normalized spacial score (nSPS) is 30.0. The minimum atomic E-state index is 0.478. The zero-order chi connectivity index (χ0) is 15.7. The Bertz CT molecular complexity index is 240. The van der Waals surface area contributed by atoms with Gasteiger partial charge >= 0.3 is 0 Å². The zero-order valence-electron chi connectivity index (χ0n) is 15.7. The summed E-state index contributed by atoms with van der Waals surface area (Å²) in [6.07, 6.45) is 11.1. The summed E-state index contributed by atoms with van der Waals surface area (Å²) in [7, 11) is 0. The molecule has 1 fully saturated rings. The third-order valence-electron chi connectivity index (χ3n) is 7.37. The standard InChI is InChI=1S/C20H40/c1-17(2)13-9-10-15-19(5,6)20(7,8)16-12-11-14-18(17,3)4/h9-16H2,1-8H3. The molecule has 0 bridgehead atoms. The topological polar surface area (TPSA) is 0 Å². The monoisotopic (exact) mass is 280 g/mol. The maximum atomic E-state index is 2.49. The molecular weight excluding hydrogens is 240 g/mol. The predicted molar refractivity (Wildman–Crippen MR) is 92.1 cm³/mol. The summed E-state index contributed by atoms with van der Waals surface area (Å²) in [5, 5.41) is 0. The average molecular weight is 281 g/mol. The van der Waals surface area contributed by atoms with E-state index >= 15 is 0 Å². The third-order valence-corrected chi connectivity index (χ3v) is 7.37. The Morgan fingerprint density at radius 1 is 0.350 bits per heavy atom. The molecule has 0 aliphatic heterocycles. The van der Waals surface area contributed by atoms with Gasteiger partial charge in [-0.15, -0.1) is 0 Å². The van der Waals surface area contributed by atoms with E-state index in [-0.39, 0.29) is 0 Å². The molecule has 1 saturated carbocycles. The highest BCUT2D eigenvalue weighted by Gasteiger charge is 2.39. The smallest absolute Gasteiger partial charge is 0.0303 e. The Labute approximate surface area is 129 Å². The van der Waals surface area contributed by atoms with Crippen LogP contribution in [0.4, 0.5) is 0 Å². The van der Waals surface area contributed by atoms with E-state index in [1.165, 1.54) is 51.4 Å². The highest BCUT2D eigenvalue weighted by molar-refractivity contribution is 4.89. The molecule has 0 aromatic heterocycles. The molecule has 0 saturated heterocycles. The molecule has 0 atom stereocenters. The van der Waals surface area contributed by atoms with E-state index < -0.39 is 0 Å². The molecule has 0 unspecified atom stereocenters. The van der Waals surface area contributed by atoms with Gasteiger partial charge in [0.05, 0.1) is 0 Å². The maximum Gasteiger partial charge on any atom is -0.0303 e. The average Bonchev–Trinajstić information content (AvgIpc) is 2.29. The van der Waals surface area contributed by atoms with Gasteiger partial charge in [0.25, 0.3) is 0 Å². The van der Waals surface area contributed by atoms with Crippen molar-refractivity contribution in [2.45, 2.75) is 107 Å². The van der Waals surface area contributed by atoms with E-state index in [0.717, 1.165) is 0 Å². The molecule has 0 aromatic carbocycles. The minimum Gasteiger partial charge on any atom is -0.0594 e. The summed E-state index contributed by atoms with van der Waals surface area (Å²) in [4.78, 5) is 0. The molecule has 0 heterocycles. The molecule has 0 nitrogen and oxygen atoms in total. The van der Waals surface area contributed by atoms with Gasteiger partial charge in [0, 0.05) is 0 Å². The Kier molecular flexibility index (Phi) is 5.43. The van der Waals surface area contributed by atoms with Gasteiger partial charge in [0.15, 0.2) is 0 Å². The van der Waals surface area contributed by atoms with E-state index in [9.17, 15) is 0 Å². The Balaban J connectivity index is 2.81. The summed E-state index contributed by atoms with van der Waals surface area (Å²) in [6.45, 7) is 20.0. The largest absolute Gasteiger partial charge is 0.0594 e. The highest BCUT2D eigenvalue weighted by atomic mass is 14.4. The van der Waals surface area contributed by atoms with Crippen molar-refractivity contribution < 1.29 is 0 Å². The van der Waals surface area contributed by atoms with Gasteiger partial charge in [-0.1, -0.05) is 81.1 Å². The first kappa shape index (κ1) is 18.1. The fourth-order valence-electron chi connectivity index (χ4n) is 3.62. The molecule has 0 aromatic rings. The second-order valence-electron chi connectivity index (χ2n) is 9.95. The van der Waals surface area contributed by atoms with Crippen LogP contribution in [-0.2, 0) is 0 Å². The van der Waals surface area contributed by atoms with Crippen LogP contribution in [-0.4, -0.2) is 0 Å². The molecular formula is C20H40. The molecule has 0 heteroatoms. The fraction of sp³-hybridized carbons (Fsp3) is 1.00. The van der Waals surface area contributed by atoms with E-state index in [2.05, 4.69) is 55.4 Å². The van der Waals surface area contributed by atoms with E-state index in [4.69, 9.17) is 0 Å². The maximum absolute atomic E-state index is 2.49. The quantitative estimate of drug-likeness (QED) is 0.439. The van der Waals surface area contributed by atoms with Crippen LogP contribution < -0.4 is 0 Å². The molecule has 0 spiro atoms. The van der Waals surface area contributed by atoms with Crippen LogP contribution in [0.1, 0.15) is 107 Å². The third kappa shape index (κ3) is 4.01. The van der Waals surface area contributed by atoms with Crippen LogP contribution in [0.15, 0.2) is 0 Å². The van der Waals surface area contributed by atoms with Crippen LogP contribution in [0.3, 0.4) is 0 Å². The molecule has 1 aliphatic rings. The van der Waals surface area contributed by atoms with Crippen molar-refractivity contribution in [3.63, 3.8) is 0 Å². The lowest BCUT2D eigenvalue weighted by atomic mass is 9.60. The van der Waals surface area contributed by atoms with E-state index in [0.29, 0.717) is 21.7 Å². The first-order valence-corrected chi connectivity index (χ1v) is 8.91. The SMILES string of the molecule is CC1(C)CCCCC(C)(C)C(C)(C)CCCCC1(C)C. The second-order valence-corrected chi connectivity index (χ2v) is 9.95. The van der Waals surface area contributed by atoms with Gasteiger partial charge < -0.3 is 0 Å². The summed E-state index contributed by atoms with van der Waals surface area (Å²) in [5.74, 6) is 0.